The van der Waals surface area contributed by atoms with Crippen LogP contribution >= 0.6 is 0 Å². The van der Waals surface area contributed by atoms with Crippen LogP contribution in [0, 0.1) is 5.92 Å². The molecule has 2 heterocycles. The fraction of sp³-hybridized carbons (Fsp3) is 0.846. The number of rotatable bonds is 1. The van der Waals surface area contributed by atoms with Gasteiger partial charge in [0.15, 0.2) is 9.84 Å². The molecule has 0 aromatic heterocycles. The fourth-order valence-electron chi connectivity index (χ4n) is 3.05. The van der Waals surface area contributed by atoms with Gasteiger partial charge in [-0.3, -0.25) is 0 Å². The van der Waals surface area contributed by atoms with Crippen molar-refractivity contribution in [3.05, 3.63) is 0 Å². The Morgan fingerprint density at radius 2 is 1.81 bits per heavy atom. The highest BCUT2D eigenvalue weighted by molar-refractivity contribution is 7.91. The van der Waals surface area contributed by atoms with Gasteiger partial charge in [0.2, 0.25) is 0 Å². The molecule has 120 valence electrons. The highest BCUT2D eigenvalue weighted by Gasteiger charge is 2.40. The molecule has 0 aromatic carbocycles. The van der Waals surface area contributed by atoms with Crippen LogP contribution in [0.4, 0.5) is 4.79 Å². The molecule has 2 amide bonds. The molecule has 0 spiro atoms. The normalized spacial score (nSPS) is 32.8. The zero-order valence-electron chi connectivity index (χ0n) is 12.4. The van der Waals surface area contributed by atoms with Crippen molar-refractivity contribution in [3.63, 3.8) is 0 Å². The molecule has 1 N–H and O–H groups in total. The third-order valence-electron chi connectivity index (χ3n) is 4.31. The Balaban J connectivity index is 2.13. The zero-order chi connectivity index (χ0) is 15.8. The summed E-state index contributed by atoms with van der Waals surface area (Å²) in [5.41, 5.74) is 0. The minimum atomic E-state index is -3.10. The summed E-state index contributed by atoms with van der Waals surface area (Å²) in [5, 5.41) is 9.31. The first-order valence-corrected chi connectivity index (χ1v) is 9.04. The summed E-state index contributed by atoms with van der Waals surface area (Å²) in [6, 6.07) is -1.58. The number of sulfone groups is 1. The van der Waals surface area contributed by atoms with E-state index in [-0.39, 0.29) is 30.0 Å². The van der Waals surface area contributed by atoms with E-state index < -0.39 is 27.9 Å². The maximum atomic E-state index is 12.6. The molecule has 3 unspecified atom stereocenters. The molecule has 2 aliphatic rings. The van der Waals surface area contributed by atoms with Gasteiger partial charge < -0.3 is 14.9 Å². The first kappa shape index (κ1) is 16.1. The number of aliphatic carboxylic acids is 1. The lowest BCUT2D eigenvalue weighted by Crippen LogP contribution is -2.59. The Morgan fingerprint density at radius 1 is 1.14 bits per heavy atom. The summed E-state index contributed by atoms with van der Waals surface area (Å²) < 4.78 is 23.2. The van der Waals surface area contributed by atoms with Crippen molar-refractivity contribution < 1.29 is 23.1 Å². The Labute approximate surface area is 124 Å². The Hall–Kier alpha value is -1.31. The van der Waals surface area contributed by atoms with Crippen LogP contribution < -0.4 is 0 Å². The largest absolute Gasteiger partial charge is 0.480 e. The van der Waals surface area contributed by atoms with Crippen molar-refractivity contribution >= 4 is 21.8 Å². The Morgan fingerprint density at radius 3 is 2.38 bits per heavy atom. The highest BCUT2D eigenvalue weighted by Crippen LogP contribution is 2.25. The summed E-state index contributed by atoms with van der Waals surface area (Å²) >= 11 is 0. The second-order valence-electron chi connectivity index (χ2n) is 6.12. The van der Waals surface area contributed by atoms with Crippen molar-refractivity contribution in [2.45, 2.75) is 38.8 Å². The quantitative estimate of drug-likeness (QED) is 0.755. The average molecular weight is 318 g/mol. The molecule has 2 aliphatic heterocycles. The van der Waals surface area contributed by atoms with Crippen LogP contribution in [-0.2, 0) is 14.6 Å². The van der Waals surface area contributed by atoms with Crippen molar-refractivity contribution in [2.24, 2.45) is 5.92 Å². The number of nitrogens with zero attached hydrogens (tertiary/aromatic N) is 2. The van der Waals surface area contributed by atoms with E-state index in [2.05, 4.69) is 0 Å². The van der Waals surface area contributed by atoms with Gasteiger partial charge in [0, 0.05) is 19.1 Å². The van der Waals surface area contributed by atoms with Gasteiger partial charge in [0.1, 0.15) is 6.04 Å². The molecule has 0 saturated carbocycles. The third kappa shape index (κ3) is 3.48. The maximum absolute atomic E-state index is 12.6. The van der Waals surface area contributed by atoms with Crippen LogP contribution in [0.1, 0.15) is 26.7 Å². The first-order valence-electron chi connectivity index (χ1n) is 7.21. The van der Waals surface area contributed by atoms with E-state index in [9.17, 15) is 23.1 Å². The predicted octanol–water partition coefficient (Wildman–Crippen LogP) is 0.410. The summed E-state index contributed by atoms with van der Waals surface area (Å²) in [6.45, 7) is 4.22. The molecule has 0 aliphatic carbocycles. The third-order valence-corrected chi connectivity index (χ3v) is 6.11. The maximum Gasteiger partial charge on any atom is 0.326 e. The van der Waals surface area contributed by atoms with E-state index in [1.807, 2.05) is 6.92 Å². The topological polar surface area (TPSA) is 95.0 Å². The van der Waals surface area contributed by atoms with E-state index in [0.717, 1.165) is 6.42 Å². The standard InChI is InChI=1S/C13H22N2O5S/c1-9-3-4-15(11(7-9)12(16)17)13(18)14-5-6-21(19,20)8-10(14)2/h9-11H,3-8H2,1-2H3,(H,16,17). The summed E-state index contributed by atoms with van der Waals surface area (Å²) in [5.74, 6) is -0.826. The first-order chi connectivity index (χ1) is 9.71. The number of carbonyl (C=O) groups excluding carboxylic acids is 1. The smallest absolute Gasteiger partial charge is 0.326 e. The summed E-state index contributed by atoms with van der Waals surface area (Å²) in [4.78, 5) is 26.8. The second kappa shape index (κ2) is 5.82. The Kier molecular flexibility index (Phi) is 4.46. The molecule has 0 radical (unpaired) electrons. The fourth-order valence-corrected chi connectivity index (χ4v) is 4.61. The van der Waals surface area contributed by atoms with Gasteiger partial charge in [-0.05, 0) is 25.7 Å². The van der Waals surface area contributed by atoms with Gasteiger partial charge in [-0.2, -0.15) is 0 Å². The average Bonchev–Trinajstić information content (AvgIpc) is 2.36. The SMILES string of the molecule is CC1CCN(C(=O)N2CCS(=O)(=O)CC2C)C(C(=O)O)C1. The zero-order valence-corrected chi connectivity index (χ0v) is 13.2. The van der Waals surface area contributed by atoms with Gasteiger partial charge in [-0.25, -0.2) is 18.0 Å². The second-order valence-corrected chi connectivity index (χ2v) is 8.35. The lowest BCUT2D eigenvalue weighted by atomic mass is 9.92. The number of hydrogen-bond donors (Lipinski definition) is 1. The number of amides is 2. The van der Waals surface area contributed by atoms with Gasteiger partial charge in [-0.15, -0.1) is 0 Å². The highest BCUT2D eigenvalue weighted by atomic mass is 32.2. The molecule has 3 atom stereocenters. The van der Waals surface area contributed by atoms with Crippen molar-refractivity contribution in [1.29, 1.82) is 0 Å². The van der Waals surface area contributed by atoms with E-state index in [4.69, 9.17) is 0 Å². The molecule has 0 aromatic rings. The van der Waals surface area contributed by atoms with Crippen LogP contribution in [0.2, 0.25) is 0 Å². The number of piperidine rings is 1. The van der Waals surface area contributed by atoms with Crippen LogP contribution in [0.5, 0.6) is 0 Å². The number of hydrogen-bond acceptors (Lipinski definition) is 4. The molecule has 2 fully saturated rings. The van der Waals surface area contributed by atoms with E-state index in [0.29, 0.717) is 13.0 Å². The van der Waals surface area contributed by atoms with Crippen molar-refractivity contribution in [3.8, 4) is 0 Å². The number of likely N-dealkylation sites (tertiary alicyclic amines) is 1. The van der Waals surface area contributed by atoms with E-state index in [1.165, 1.54) is 9.80 Å². The van der Waals surface area contributed by atoms with Crippen LogP contribution in [-0.4, -0.2) is 72.0 Å². The summed E-state index contributed by atoms with van der Waals surface area (Å²) in [6.07, 6.45) is 1.22. The van der Waals surface area contributed by atoms with Crippen molar-refractivity contribution in [1.82, 2.24) is 9.80 Å². The summed E-state index contributed by atoms with van der Waals surface area (Å²) in [7, 11) is -3.10. The van der Waals surface area contributed by atoms with Crippen LogP contribution in [0.25, 0.3) is 0 Å². The molecule has 2 saturated heterocycles. The number of carboxylic acid groups (broad SMARTS) is 1. The van der Waals surface area contributed by atoms with E-state index in [1.54, 1.807) is 6.92 Å². The van der Waals surface area contributed by atoms with Crippen LogP contribution in [0.3, 0.4) is 0 Å². The number of carboxylic acids is 1. The molecule has 7 nitrogen and oxygen atoms in total. The molecular formula is C13H22N2O5S. The Bertz CT molecular complexity index is 533. The molecule has 21 heavy (non-hydrogen) atoms. The van der Waals surface area contributed by atoms with Crippen molar-refractivity contribution in [2.75, 3.05) is 24.6 Å². The van der Waals surface area contributed by atoms with Gasteiger partial charge in [0.05, 0.1) is 11.5 Å². The molecule has 8 heteroatoms. The minimum Gasteiger partial charge on any atom is -0.480 e. The predicted molar refractivity (Wildman–Crippen MR) is 76.7 cm³/mol. The molecular weight excluding hydrogens is 296 g/mol. The minimum absolute atomic E-state index is 0.0505. The number of carbonyl (C=O) groups is 2. The van der Waals surface area contributed by atoms with E-state index >= 15 is 0 Å². The molecule has 2 rings (SSSR count). The van der Waals surface area contributed by atoms with Gasteiger partial charge in [0.25, 0.3) is 0 Å². The lowest BCUT2D eigenvalue weighted by Gasteiger charge is -2.42. The van der Waals surface area contributed by atoms with Gasteiger partial charge >= 0.3 is 12.0 Å². The van der Waals surface area contributed by atoms with Gasteiger partial charge in [-0.1, -0.05) is 6.92 Å². The number of urea groups is 1. The van der Waals surface area contributed by atoms with Crippen LogP contribution in [0.15, 0.2) is 0 Å². The monoisotopic (exact) mass is 318 g/mol. The molecule has 0 bridgehead atoms. The lowest BCUT2D eigenvalue weighted by molar-refractivity contribution is -0.144.